The van der Waals surface area contributed by atoms with E-state index in [0.717, 1.165) is 24.4 Å². The molecule has 192 valence electrons. The molecular weight excluding hydrogens is 494 g/mol. The molecule has 1 aliphatic rings. The molecule has 13 heteroatoms. The van der Waals surface area contributed by atoms with Crippen LogP contribution < -0.4 is 20.1 Å². The second-order valence-electron chi connectivity index (χ2n) is 7.99. The van der Waals surface area contributed by atoms with Gasteiger partial charge < -0.3 is 20.1 Å². The van der Waals surface area contributed by atoms with Crippen molar-refractivity contribution in [1.82, 2.24) is 9.78 Å². The number of benzene rings is 2. The van der Waals surface area contributed by atoms with Gasteiger partial charge in [0.25, 0.3) is 5.91 Å². The molecule has 4 rings (SSSR count). The molecule has 0 spiro atoms. The number of hydrogen-bond acceptors (Lipinski definition) is 5. The Bertz CT molecular complexity index is 1270. The van der Waals surface area contributed by atoms with Gasteiger partial charge in [0.1, 0.15) is 11.4 Å². The number of aromatic nitrogens is 2. The van der Waals surface area contributed by atoms with E-state index in [2.05, 4.69) is 15.7 Å². The molecule has 0 fully saturated rings. The minimum atomic E-state index is -4.69. The van der Waals surface area contributed by atoms with Gasteiger partial charge in [-0.2, -0.15) is 31.4 Å². The number of methoxy groups -OCH3 is 2. The number of amides is 1. The smallest absolute Gasteiger partial charge is 0.416 e. The summed E-state index contributed by atoms with van der Waals surface area (Å²) >= 11 is 0. The van der Waals surface area contributed by atoms with Crippen LogP contribution in [0, 0.1) is 0 Å². The van der Waals surface area contributed by atoms with Crippen molar-refractivity contribution in [3.8, 4) is 11.5 Å². The van der Waals surface area contributed by atoms with Gasteiger partial charge in [-0.1, -0.05) is 12.1 Å². The third-order valence-electron chi connectivity index (χ3n) is 5.74. The summed E-state index contributed by atoms with van der Waals surface area (Å²) in [6.45, 7) is 0. The predicted octanol–water partition coefficient (Wildman–Crippen LogP) is 5.83. The van der Waals surface area contributed by atoms with E-state index in [-0.39, 0.29) is 17.1 Å². The minimum absolute atomic E-state index is 0.172. The molecule has 0 radical (unpaired) electrons. The Hall–Kier alpha value is -3.90. The lowest BCUT2D eigenvalue weighted by Crippen LogP contribution is -2.36. The maximum absolute atomic E-state index is 13.9. The van der Waals surface area contributed by atoms with Crippen molar-refractivity contribution >= 4 is 17.4 Å². The molecule has 1 aromatic heterocycles. The third-order valence-corrected chi connectivity index (χ3v) is 5.74. The zero-order chi connectivity index (χ0) is 26.3. The quantitative estimate of drug-likeness (QED) is 0.419. The van der Waals surface area contributed by atoms with Crippen LogP contribution in [0.5, 0.6) is 11.5 Å². The molecule has 36 heavy (non-hydrogen) atoms. The molecule has 3 aromatic rings. The summed E-state index contributed by atoms with van der Waals surface area (Å²) in [7, 11) is 2.81. The van der Waals surface area contributed by atoms with E-state index in [9.17, 15) is 31.1 Å². The Balaban J connectivity index is 1.68. The Morgan fingerprint density at radius 3 is 2.42 bits per heavy atom. The molecule has 7 nitrogen and oxygen atoms in total. The second-order valence-corrected chi connectivity index (χ2v) is 7.99. The topological polar surface area (TPSA) is 77.4 Å². The lowest BCUT2D eigenvalue weighted by molar-refractivity contribution is -0.173. The number of fused-ring (bicyclic) bond motifs is 1. The van der Waals surface area contributed by atoms with Crippen molar-refractivity contribution < 1.29 is 40.6 Å². The number of carbonyl (C=O) groups is 1. The molecule has 2 unspecified atom stereocenters. The van der Waals surface area contributed by atoms with Gasteiger partial charge in [-0.25, -0.2) is 4.68 Å². The van der Waals surface area contributed by atoms with Crippen LogP contribution in [0.4, 0.5) is 37.8 Å². The monoisotopic (exact) mass is 514 g/mol. The number of rotatable bonds is 5. The highest BCUT2D eigenvalue weighted by Crippen LogP contribution is 2.45. The average molecular weight is 514 g/mol. The van der Waals surface area contributed by atoms with E-state index >= 15 is 0 Å². The Morgan fingerprint density at radius 1 is 1.06 bits per heavy atom. The van der Waals surface area contributed by atoms with Crippen LogP contribution in [-0.2, 0) is 6.18 Å². The number of anilines is 2. The maximum Gasteiger partial charge on any atom is 0.416 e. The third kappa shape index (κ3) is 4.90. The van der Waals surface area contributed by atoms with Crippen LogP contribution in [0.1, 0.15) is 40.0 Å². The summed E-state index contributed by atoms with van der Waals surface area (Å²) < 4.78 is 91.9. The molecule has 0 aliphatic carbocycles. The highest BCUT2D eigenvalue weighted by molar-refractivity contribution is 6.07. The van der Waals surface area contributed by atoms with Crippen LogP contribution in [0.3, 0.4) is 0 Å². The van der Waals surface area contributed by atoms with Gasteiger partial charge in [-0.15, -0.1) is 0 Å². The van der Waals surface area contributed by atoms with Gasteiger partial charge in [-0.3, -0.25) is 4.79 Å². The van der Waals surface area contributed by atoms with Crippen molar-refractivity contribution in [3.63, 3.8) is 0 Å². The normalized spacial score (nSPS) is 17.7. The molecule has 0 saturated heterocycles. The SMILES string of the molecule is COc1ccc(C2CC(C(F)(F)F)n3ncc(C(=O)Nc4cccc(C(F)(F)F)c4)c3N2)cc1OC. The van der Waals surface area contributed by atoms with Crippen molar-refractivity contribution in [1.29, 1.82) is 0 Å². The first-order chi connectivity index (χ1) is 16.9. The van der Waals surface area contributed by atoms with Crippen molar-refractivity contribution in [2.24, 2.45) is 0 Å². The van der Waals surface area contributed by atoms with Gasteiger partial charge in [0.15, 0.2) is 17.5 Å². The Morgan fingerprint density at radius 2 is 1.78 bits per heavy atom. The second kappa shape index (κ2) is 9.28. The molecule has 2 aromatic carbocycles. The van der Waals surface area contributed by atoms with E-state index in [1.807, 2.05) is 0 Å². The van der Waals surface area contributed by atoms with E-state index in [1.165, 1.54) is 26.4 Å². The fourth-order valence-electron chi connectivity index (χ4n) is 3.99. The zero-order valence-electron chi connectivity index (χ0n) is 18.9. The predicted molar refractivity (Wildman–Crippen MR) is 117 cm³/mol. The van der Waals surface area contributed by atoms with Crippen LogP contribution >= 0.6 is 0 Å². The maximum atomic E-state index is 13.9. The molecule has 2 atom stereocenters. The minimum Gasteiger partial charge on any atom is -0.493 e. The Kier molecular flexibility index (Phi) is 6.50. The fourth-order valence-corrected chi connectivity index (χ4v) is 3.99. The van der Waals surface area contributed by atoms with Crippen LogP contribution in [-0.4, -0.2) is 36.1 Å². The molecule has 1 aliphatic heterocycles. The standard InChI is InChI=1S/C23H20F6N4O3/c1-35-17-7-6-12(8-18(17)36-2)16-10-19(23(27,28)29)33-20(32-16)15(11-30-33)21(34)31-14-5-3-4-13(9-14)22(24,25)26/h3-9,11,16,19,32H,10H2,1-2H3,(H,31,34). The van der Waals surface area contributed by atoms with Crippen LogP contribution in [0.2, 0.25) is 0 Å². The fraction of sp³-hybridized carbons (Fsp3) is 0.304. The van der Waals surface area contributed by atoms with Crippen molar-refractivity contribution in [2.45, 2.75) is 30.9 Å². The number of hydrogen-bond donors (Lipinski definition) is 2. The lowest BCUT2D eigenvalue weighted by Gasteiger charge is -2.34. The number of ether oxygens (including phenoxy) is 2. The van der Waals surface area contributed by atoms with Crippen molar-refractivity contribution in [3.05, 3.63) is 65.4 Å². The Labute approximate surface area is 201 Å². The molecule has 2 heterocycles. The number of alkyl halides is 6. The summed E-state index contributed by atoms with van der Waals surface area (Å²) in [4.78, 5) is 12.9. The summed E-state index contributed by atoms with van der Waals surface area (Å²) in [5.41, 5.74) is -0.971. The average Bonchev–Trinajstić information content (AvgIpc) is 3.26. The first-order valence-electron chi connectivity index (χ1n) is 10.5. The van der Waals surface area contributed by atoms with E-state index in [0.29, 0.717) is 21.7 Å². The highest BCUT2D eigenvalue weighted by atomic mass is 19.4. The summed E-state index contributed by atoms with van der Waals surface area (Å²) in [5.74, 6) is -0.442. The molecule has 2 N–H and O–H groups in total. The van der Waals surface area contributed by atoms with Gasteiger partial charge in [0, 0.05) is 12.1 Å². The van der Waals surface area contributed by atoms with Crippen molar-refractivity contribution in [2.75, 3.05) is 24.9 Å². The lowest BCUT2D eigenvalue weighted by atomic mass is 9.96. The largest absolute Gasteiger partial charge is 0.493 e. The van der Waals surface area contributed by atoms with Crippen LogP contribution in [0.25, 0.3) is 0 Å². The molecule has 0 saturated carbocycles. The molecule has 1 amide bonds. The van der Waals surface area contributed by atoms with Gasteiger partial charge in [0.2, 0.25) is 0 Å². The molecule has 0 bridgehead atoms. The summed E-state index contributed by atoms with van der Waals surface area (Å²) in [5, 5.41) is 8.98. The van der Waals surface area contributed by atoms with Gasteiger partial charge in [-0.05, 0) is 35.9 Å². The first-order valence-corrected chi connectivity index (χ1v) is 10.5. The number of halogens is 6. The zero-order valence-corrected chi connectivity index (χ0v) is 18.9. The number of nitrogens with zero attached hydrogens (tertiary/aromatic N) is 2. The number of carbonyl (C=O) groups excluding carboxylic acids is 1. The van der Waals surface area contributed by atoms with Crippen LogP contribution in [0.15, 0.2) is 48.7 Å². The summed E-state index contributed by atoms with van der Waals surface area (Å²) in [6.07, 6.45) is -8.80. The van der Waals surface area contributed by atoms with E-state index in [1.54, 1.807) is 12.1 Å². The van der Waals surface area contributed by atoms with E-state index < -0.39 is 42.3 Å². The highest BCUT2D eigenvalue weighted by Gasteiger charge is 2.47. The molecular formula is C23H20F6N4O3. The van der Waals surface area contributed by atoms with Gasteiger partial charge in [0.05, 0.1) is 32.0 Å². The van der Waals surface area contributed by atoms with Gasteiger partial charge >= 0.3 is 12.4 Å². The first kappa shape index (κ1) is 25.2. The summed E-state index contributed by atoms with van der Waals surface area (Å²) in [6, 6.07) is 5.61. The van der Waals surface area contributed by atoms with E-state index in [4.69, 9.17) is 9.47 Å². The number of nitrogens with one attached hydrogen (secondary N) is 2.